The third-order valence-electron chi connectivity index (χ3n) is 2.75. The fourth-order valence-corrected chi connectivity index (χ4v) is 1.52. The van der Waals surface area contributed by atoms with E-state index in [1.165, 1.54) is 0 Å². The van der Waals surface area contributed by atoms with Gasteiger partial charge in [-0.25, -0.2) is 0 Å². The van der Waals surface area contributed by atoms with Crippen LogP contribution in [-0.4, -0.2) is 39.4 Å². The van der Waals surface area contributed by atoms with Crippen LogP contribution >= 0.6 is 0 Å². The molecule has 0 saturated carbocycles. The van der Waals surface area contributed by atoms with Crippen LogP contribution in [0, 0.1) is 0 Å². The minimum atomic E-state index is -1.78. The summed E-state index contributed by atoms with van der Waals surface area (Å²) < 4.78 is 0. The molecule has 0 bridgehead atoms. The zero-order chi connectivity index (χ0) is 11.9. The normalized spacial score (nSPS) is 17.1. The number of hydrogen-bond acceptors (Lipinski definition) is 4. The number of unbranched alkanes of at least 4 members (excludes halogenated alkanes) is 2. The molecule has 0 spiro atoms. The molecule has 15 heavy (non-hydrogen) atoms. The van der Waals surface area contributed by atoms with E-state index in [4.69, 9.17) is 5.11 Å². The Morgan fingerprint density at radius 3 is 2.33 bits per heavy atom. The van der Waals surface area contributed by atoms with Crippen LogP contribution in [0.15, 0.2) is 0 Å². The standard InChI is InChI=1S/C11H22O4/c1-3-5-6-7-9(13)11(15,4-2)10(14)8-12/h10,12,14-15H,3-8H2,1-2H3. The third-order valence-corrected chi connectivity index (χ3v) is 2.75. The highest BCUT2D eigenvalue weighted by Gasteiger charge is 2.40. The van der Waals surface area contributed by atoms with E-state index >= 15 is 0 Å². The Labute approximate surface area is 90.9 Å². The summed E-state index contributed by atoms with van der Waals surface area (Å²) in [7, 11) is 0. The molecule has 0 aliphatic heterocycles. The quantitative estimate of drug-likeness (QED) is 0.522. The Morgan fingerprint density at radius 1 is 1.33 bits per heavy atom. The van der Waals surface area contributed by atoms with Crippen LogP contribution in [0.25, 0.3) is 0 Å². The van der Waals surface area contributed by atoms with E-state index in [2.05, 4.69) is 0 Å². The molecule has 0 aliphatic carbocycles. The lowest BCUT2D eigenvalue weighted by atomic mass is 9.86. The summed E-state index contributed by atoms with van der Waals surface area (Å²) in [5.41, 5.74) is -1.78. The van der Waals surface area contributed by atoms with Gasteiger partial charge in [0, 0.05) is 6.42 Å². The van der Waals surface area contributed by atoms with E-state index in [9.17, 15) is 15.0 Å². The fraction of sp³-hybridized carbons (Fsp3) is 0.909. The smallest absolute Gasteiger partial charge is 0.167 e. The Kier molecular flexibility index (Phi) is 6.72. The molecule has 4 nitrogen and oxygen atoms in total. The predicted octanol–water partition coefficient (Wildman–Crippen LogP) is 0.630. The first kappa shape index (κ1) is 14.6. The van der Waals surface area contributed by atoms with Crippen LogP contribution in [0.4, 0.5) is 0 Å². The van der Waals surface area contributed by atoms with E-state index in [1.54, 1.807) is 6.92 Å². The second kappa shape index (κ2) is 6.93. The maximum atomic E-state index is 11.7. The van der Waals surface area contributed by atoms with Gasteiger partial charge in [0.2, 0.25) is 0 Å². The van der Waals surface area contributed by atoms with Gasteiger partial charge in [-0.15, -0.1) is 0 Å². The summed E-state index contributed by atoms with van der Waals surface area (Å²) in [4.78, 5) is 11.7. The van der Waals surface area contributed by atoms with Crippen molar-refractivity contribution in [2.45, 2.75) is 57.7 Å². The molecule has 4 heteroatoms. The molecule has 0 rings (SSSR count). The lowest BCUT2D eigenvalue weighted by molar-refractivity contribution is -0.155. The van der Waals surface area contributed by atoms with Crippen LogP contribution in [0.5, 0.6) is 0 Å². The molecule has 0 saturated heterocycles. The first-order valence-electron chi connectivity index (χ1n) is 5.57. The maximum absolute atomic E-state index is 11.7. The molecule has 0 heterocycles. The van der Waals surface area contributed by atoms with Gasteiger partial charge < -0.3 is 15.3 Å². The average Bonchev–Trinajstić information content (AvgIpc) is 2.26. The van der Waals surface area contributed by atoms with Crippen molar-refractivity contribution in [3.63, 3.8) is 0 Å². The van der Waals surface area contributed by atoms with E-state index in [-0.39, 0.29) is 18.6 Å². The van der Waals surface area contributed by atoms with Gasteiger partial charge in [0.15, 0.2) is 11.4 Å². The third kappa shape index (κ3) is 3.89. The van der Waals surface area contributed by atoms with Crippen molar-refractivity contribution in [2.24, 2.45) is 0 Å². The molecule has 3 N–H and O–H groups in total. The molecule has 2 unspecified atom stereocenters. The summed E-state index contributed by atoms with van der Waals surface area (Å²) in [6, 6.07) is 0. The van der Waals surface area contributed by atoms with Gasteiger partial charge in [-0.3, -0.25) is 4.79 Å². The number of Topliss-reactive ketones (excluding diaryl/α,β-unsaturated/α-hetero) is 1. The summed E-state index contributed by atoms with van der Waals surface area (Å²) in [6.45, 7) is 3.06. The SMILES string of the molecule is CCCCCC(=O)C(O)(CC)C(O)CO. The second-order valence-corrected chi connectivity index (χ2v) is 3.86. The van der Waals surface area contributed by atoms with Crippen molar-refractivity contribution in [1.82, 2.24) is 0 Å². The van der Waals surface area contributed by atoms with Crippen LogP contribution in [0.2, 0.25) is 0 Å². The van der Waals surface area contributed by atoms with Crippen LogP contribution in [0.3, 0.4) is 0 Å². The molecule has 0 aromatic carbocycles. The highest BCUT2D eigenvalue weighted by atomic mass is 16.4. The van der Waals surface area contributed by atoms with Gasteiger partial charge in [-0.1, -0.05) is 26.7 Å². The summed E-state index contributed by atoms with van der Waals surface area (Å²) >= 11 is 0. The van der Waals surface area contributed by atoms with Crippen molar-refractivity contribution < 1.29 is 20.1 Å². The molecule has 0 amide bonds. The minimum absolute atomic E-state index is 0.125. The van der Waals surface area contributed by atoms with Gasteiger partial charge >= 0.3 is 0 Å². The topological polar surface area (TPSA) is 77.8 Å². The van der Waals surface area contributed by atoms with Crippen molar-refractivity contribution >= 4 is 5.78 Å². The largest absolute Gasteiger partial charge is 0.394 e. The zero-order valence-corrected chi connectivity index (χ0v) is 9.57. The molecule has 0 radical (unpaired) electrons. The minimum Gasteiger partial charge on any atom is -0.394 e. The van der Waals surface area contributed by atoms with Crippen molar-refractivity contribution in [2.75, 3.05) is 6.61 Å². The molecular formula is C11H22O4. The number of aliphatic hydroxyl groups is 3. The monoisotopic (exact) mass is 218 g/mol. The molecule has 0 aromatic heterocycles. The highest BCUT2D eigenvalue weighted by molar-refractivity contribution is 5.87. The second-order valence-electron chi connectivity index (χ2n) is 3.86. The van der Waals surface area contributed by atoms with E-state index < -0.39 is 18.3 Å². The Balaban J connectivity index is 4.31. The molecule has 90 valence electrons. The number of ketones is 1. The Morgan fingerprint density at radius 2 is 1.93 bits per heavy atom. The fourth-order valence-electron chi connectivity index (χ4n) is 1.52. The number of rotatable bonds is 8. The Hall–Kier alpha value is -0.450. The van der Waals surface area contributed by atoms with E-state index in [0.717, 1.165) is 19.3 Å². The van der Waals surface area contributed by atoms with Crippen molar-refractivity contribution in [1.29, 1.82) is 0 Å². The van der Waals surface area contributed by atoms with Gasteiger partial charge in [0.05, 0.1) is 6.61 Å². The summed E-state index contributed by atoms with van der Waals surface area (Å²) in [5.74, 6) is -0.375. The van der Waals surface area contributed by atoms with Gasteiger partial charge in [0.1, 0.15) is 6.10 Å². The van der Waals surface area contributed by atoms with Gasteiger partial charge in [0.25, 0.3) is 0 Å². The first-order chi connectivity index (χ1) is 7.02. The van der Waals surface area contributed by atoms with E-state index in [1.807, 2.05) is 6.92 Å². The van der Waals surface area contributed by atoms with Crippen molar-refractivity contribution in [3.05, 3.63) is 0 Å². The predicted molar refractivity (Wildman–Crippen MR) is 57.5 cm³/mol. The lowest BCUT2D eigenvalue weighted by Crippen LogP contribution is -2.50. The summed E-state index contributed by atoms with van der Waals surface area (Å²) in [5, 5.41) is 28.0. The molecular weight excluding hydrogens is 196 g/mol. The number of aliphatic hydroxyl groups excluding tert-OH is 2. The van der Waals surface area contributed by atoms with Crippen LogP contribution < -0.4 is 0 Å². The first-order valence-corrected chi connectivity index (χ1v) is 5.57. The Bertz CT molecular complexity index is 193. The lowest BCUT2D eigenvalue weighted by Gasteiger charge is -2.29. The summed E-state index contributed by atoms with van der Waals surface area (Å²) in [6.07, 6.45) is 1.66. The number of carbonyl (C=O) groups excluding carboxylic acids is 1. The molecule has 0 fully saturated rings. The van der Waals surface area contributed by atoms with Gasteiger partial charge in [-0.05, 0) is 12.8 Å². The van der Waals surface area contributed by atoms with Gasteiger partial charge in [-0.2, -0.15) is 0 Å². The highest BCUT2D eigenvalue weighted by Crippen LogP contribution is 2.20. The number of carbonyl (C=O) groups is 1. The molecule has 0 aliphatic rings. The van der Waals surface area contributed by atoms with E-state index in [0.29, 0.717) is 0 Å². The number of hydrogen-bond donors (Lipinski definition) is 3. The van der Waals surface area contributed by atoms with Crippen LogP contribution in [-0.2, 0) is 4.79 Å². The van der Waals surface area contributed by atoms with Crippen molar-refractivity contribution in [3.8, 4) is 0 Å². The maximum Gasteiger partial charge on any atom is 0.167 e. The zero-order valence-electron chi connectivity index (χ0n) is 9.57. The molecule has 0 aromatic rings. The molecule has 2 atom stereocenters. The average molecular weight is 218 g/mol. The van der Waals surface area contributed by atoms with Crippen LogP contribution in [0.1, 0.15) is 46.0 Å².